The third-order valence-electron chi connectivity index (χ3n) is 4.90. The molecule has 1 aliphatic heterocycles. The van der Waals surface area contributed by atoms with Crippen LogP contribution in [0.2, 0.25) is 0 Å². The van der Waals surface area contributed by atoms with Crippen molar-refractivity contribution in [2.45, 2.75) is 37.8 Å². The summed E-state index contributed by atoms with van der Waals surface area (Å²) in [5, 5.41) is 3.77. The van der Waals surface area contributed by atoms with E-state index in [1.807, 2.05) is 0 Å². The minimum absolute atomic E-state index is 0.396. The van der Waals surface area contributed by atoms with Crippen molar-refractivity contribution < 1.29 is 0 Å². The number of rotatable bonds is 3. The molecule has 2 nitrogen and oxygen atoms in total. The summed E-state index contributed by atoms with van der Waals surface area (Å²) in [7, 11) is 2.30. The van der Waals surface area contributed by atoms with Crippen molar-refractivity contribution in [3.8, 4) is 0 Å². The third kappa shape index (κ3) is 2.32. The molecular weight excluding hydrogens is 220 g/mol. The Kier molecular flexibility index (Phi) is 3.16. The van der Waals surface area contributed by atoms with Gasteiger partial charge in [0, 0.05) is 24.7 Å². The molecule has 1 aromatic rings. The molecule has 1 aliphatic carbocycles. The number of piperazine rings is 1. The molecule has 2 heteroatoms. The van der Waals surface area contributed by atoms with Gasteiger partial charge in [0.05, 0.1) is 0 Å². The molecule has 1 N–H and O–H groups in total. The van der Waals surface area contributed by atoms with Gasteiger partial charge in [-0.3, -0.25) is 4.90 Å². The third-order valence-corrected chi connectivity index (χ3v) is 4.90. The summed E-state index contributed by atoms with van der Waals surface area (Å²) in [6.45, 7) is 4.74. The molecule has 1 heterocycles. The summed E-state index contributed by atoms with van der Waals surface area (Å²) in [5.41, 5.74) is 1.84. The van der Waals surface area contributed by atoms with Crippen LogP contribution in [-0.4, -0.2) is 36.6 Å². The second kappa shape index (κ2) is 4.67. The van der Waals surface area contributed by atoms with Crippen molar-refractivity contribution in [2.75, 3.05) is 20.1 Å². The predicted octanol–water partition coefficient (Wildman–Crippen LogP) is 2.30. The molecular formula is C16H24N2. The molecule has 2 aliphatic rings. The normalized spacial score (nSPS) is 33.6. The molecule has 0 bridgehead atoms. The minimum Gasteiger partial charge on any atom is -0.311 e. The molecule has 2 atom stereocenters. The SMILES string of the molecule is CN1CC(Cc2ccccc2)NCC1(C)C1CC1. The molecule has 1 saturated heterocycles. The van der Waals surface area contributed by atoms with Crippen LogP contribution in [0.4, 0.5) is 0 Å². The maximum Gasteiger partial charge on any atom is 0.0331 e. The minimum atomic E-state index is 0.396. The van der Waals surface area contributed by atoms with Gasteiger partial charge in [-0.2, -0.15) is 0 Å². The first-order valence-corrected chi connectivity index (χ1v) is 7.17. The monoisotopic (exact) mass is 244 g/mol. The largest absolute Gasteiger partial charge is 0.311 e. The predicted molar refractivity (Wildman–Crippen MR) is 75.7 cm³/mol. The molecule has 3 rings (SSSR count). The number of benzene rings is 1. The van der Waals surface area contributed by atoms with Gasteiger partial charge in [-0.1, -0.05) is 30.3 Å². The van der Waals surface area contributed by atoms with E-state index in [0.29, 0.717) is 11.6 Å². The Morgan fingerprint density at radius 2 is 2.00 bits per heavy atom. The Balaban J connectivity index is 1.61. The average molecular weight is 244 g/mol. The van der Waals surface area contributed by atoms with Crippen LogP contribution in [0.5, 0.6) is 0 Å². The highest BCUT2D eigenvalue weighted by molar-refractivity contribution is 5.17. The van der Waals surface area contributed by atoms with Crippen molar-refractivity contribution in [1.82, 2.24) is 10.2 Å². The zero-order valence-electron chi connectivity index (χ0n) is 11.5. The summed E-state index contributed by atoms with van der Waals surface area (Å²) in [6, 6.07) is 11.4. The molecule has 98 valence electrons. The molecule has 0 aromatic heterocycles. The number of likely N-dealkylation sites (N-methyl/N-ethyl adjacent to an activating group) is 1. The van der Waals surface area contributed by atoms with E-state index in [1.54, 1.807) is 0 Å². The van der Waals surface area contributed by atoms with Crippen molar-refractivity contribution in [3.63, 3.8) is 0 Å². The molecule has 0 radical (unpaired) electrons. The van der Waals surface area contributed by atoms with Crippen LogP contribution in [0.3, 0.4) is 0 Å². The maximum absolute atomic E-state index is 3.77. The fraction of sp³-hybridized carbons (Fsp3) is 0.625. The highest BCUT2D eigenvalue weighted by atomic mass is 15.3. The van der Waals surface area contributed by atoms with Crippen LogP contribution in [0.1, 0.15) is 25.3 Å². The van der Waals surface area contributed by atoms with Gasteiger partial charge in [-0.05, 0) is 44.7 Å². The Hall–Kier alpha value is -0.860. The fourth-order valence-corrected chi connectivity index (χ4v) is 3.29. The van der Waals surface area contributed by atoms with E-state index in [1.165, 1.54) is 24.9 Å². The molecule has 0 spiro atoms. The van der Waals surface area contributed by atoms with Gasteiger partial charge in [-0.15, -0.1) is 0 Å². The number of nitrogens with zero attached hydrogens (tertiary/aromatic N) is 1. The van der Waals surface area contributed by atoms with E-state index in [-0.39, 0.29) is 0 Å². The Bertz CT molecular complexity index is 399. The number of nitrogens with one attached hydrogen (secondary N) is 1. The van der Waals surface area contributed by atoms with Crippen molar-refractivity contribution in [3.05, 3.63) is 35.9 Å². The fourth-order valence-electron chi connectivity index (χ4n) is 3.29. The van der Waals surface area contributed by atoms with Gasteiger partial charge < -0.3 is 5.32 Å². The van der Waals surface area contributed by atoms with Crippen molar-refractivity contribution in [2.24, 2.45) is 5.92 Å². The maximum atomic E-state index is 3.77. The van der Waals surface area contributed by atoms with Gasteiger partial charge in [0.15, 0.2) is 0 Å². The van der Waals surface area contributed by atoms with E-state index in [2.05, 4.69) is 54.5 Å². The lowest BCUT2D eigenvalue weighted by Crippen LogP contribution is -2.63. The van der Waals surface area contributed by atoms with Crippen molar-refractivity contribution >= 4 is 0 Å². The first-order valence-electron chi connectivity index (χ1n) is 7.17. The molecule has 2 fully saturated rings. The van der Waals surface area contributed by atoms with Crippen LogP contribution >= 0.6 is 0 Å². The Morgan fingerprint density at radius 1 is 1.28 bits per heavy atom. The first-order chi connectivity index (χ1) is 8.68. The summed E-state index contributed by atoms with van der Waals surface area (Å²) in [6.07, 6.45) is 3.99. The van der Waals surface area contributed by atoms with Crippen LogP contribution in [0, 0.1) is 5.92 Å². The van der Waals surface area contributed by atoms with Crippen LogP contribution in [0.25, 0.3) is 0 Å². The second-order valence-electron chi connectivity index (χ2n) is 6.28. The Morgan fingerprint density at radius 3 is 2.61 bits per heavy atom. The van der Waals surface area contributed by atoms with Crippen LogP contribution in [-0.2, 0) is 6.42 Å². The smallest absolute Gasteiger partial charge is 0.0331 e. The first kappa shape index (κ1) is 12.2. The van der Waals surface area contributed by atoms with E-state index < -0.39 is 0 Å². The number of hydrogen-bond acceptors (Lipinski definition) is 2. The molecule has 0 amide bonds. The van der Waals surface area contributed by atoms with E-state index in [4.69, 9.17) is 0 Å². The lowest BCUT2D eigenvalue weighted by molar-refractivity contribution is 0.0603. The molecule has 1 saturated carbocycles. The van der Waals surface area contributed by atoms with Gasteiger partial charge in [0.25, 0.3) is 0 Å². The number of hydrogen-bond donors (Lipinski definition) is 1. The molecule has 1 aromatic carbocycles. The summed E-state index contributed by atoms with van der Waals surface area (Å²) < 4.78 is 0. The molecule has 2 unspecified atom stereocenters. The average Bonchev–Trinajstić information content (AvgIpc) is 3.20. The van der Waals surface area contributed by atoms with Crippen molar-refractivity contribution in [1.29, 1.82) is 0 Å². The van der Waals surface area contributed by atoms with Gasteiger partial charge in [-0.25, -0.2) is 0 Å². The van der Waals surface area contributed by atoms with Crippen LogP contribution in [0.15, 0.2) is 30.3 Å². The highest BCUT2D eigenvalue weighted by Gasteiger charge is 2.46. The second-order valence-corrected chi connectivity index (χ2v) is 6.28. The lowest BCUT2D eigenvalue weighted by Gasteiger charge is -2.47. The van der Waals surface area contributed by atoms with Crippen LogP contribution < -0.4 is 5.32 Å². The van der Waals surface area contributed by atoms with E-state index >= 15 is 0 Å². The highest BCUT2D eigenvalue weighted by Crippen LogP contribution is 2.43. The summed E-state index contributed by atoms with van der Waals surface area (Å²) in [4.78, 5) is 2.59. The Labute approximate surface area is 110 Å². The zero-order valence-corrected chi connectivity index (χ0v) is 11.5. The molecule has 18 heavy (non-hydrogen) atoms. The van der Waals surface area contributed by atoms with Gasteiger partial charge in [0.1, 0.15) is 0 Å². The zero-order chi connectivity index (χ0) is 12.6. The standard InChI is InChI=1S/C16H24N2/c1-16(14-8-9-14)12-17-15(11-18(16)2)10-13-6-4-3-5-7-13/h3-7,14-15,17H,8-12H2,1-2H3. The summed E-state index contributed by atoms with van der Waals surface area (Å²) >= 11 is 0. The van der Waals surface area contributed by atoms with Gasteiger partial charge >= 0.3 is 0 Å². The van der Waals surface area contributed by atoms with Gasteiger partial charge in [0.2, 0.25) is 0 Å². The van der Waals surface area contributed by atoms with E-state index in [9.17, 15) is 0 Å². The van der Waals surface area contributed by atoms with E-state index in [0.717, 1.165) is 18.9 Å². The quantitative estimate of drug-likeness (QED) is 0.877. The lowest BCUT2D eigenvalue weighted by atomic mass is 9.89. The summed E-state index contributed by atoms with van der Waals surface area (Å²) in [5.74, 6) is 0.924. The topological polar surface area (TPSA) is 15.3 Å².